The van der Waals surface area contributed by atoms with Gasteiger partial charge in [-0.25, -0.2) is 0 Å². The van der Waals surface area contributed by atoms with Crippen molar-refractivity contribution in [2.45, 2.75) is 93.3 Å². The summed E-state index contributed by atoms with van der Waals surface area (Å²) in [4.78, 5) is 21.6. The van der Waals surface area contributed by atoms with Gasteiger partial charge in [0.25, 0.3) is 0 Å². The molecule has 0 aliphatic heterocycles. The highest BCUT2D eigenvalue weighted by molar-refractivity contribution is 5.78. The van der Waals surface area contributed by atoms with E-state index in [1.54, 1.807) is 6.92 Å². The van der Waals surface area contributed by atoms with Gasteiger partial charge in [0, 0.05) is 11.4 Å². The van der Waals surface area contributed by atoms with Crippen LogP contribution in [0.5, 0.6) is 0 Å². The van der Waals surface area contributed by atoms with Crippen LogP contribution in [0, 0.1) is 11.8 Å². The quantitative estimate of drug-likeness (QED) is 0.562. The van der Waals surface area contributed by atoms with E-state index < -0.39 is 24.6 Å². The van der Waals surface area contributed by atoms with Crippen LogP contribution in [0.4, 0.5) is 0 Å². The highest BCUT2D eigenvalue weighted by Gasteiger charge is 2.13. The van der Waals surface area contributed by atoms with Crippen molar-refractivity contribution in [2.24, 2.45) is 11.8 Å². The average Bonchev–Trinajstić information content (AvgIpc) is 2.35. The van der Waals surface area contributed by atoms with E-state index in [0.29, 0.717) is 12.8 Å². The van der Waals surface area contributed by atoms with Crippen molar-refractivity contribution in [3.05, 3.63) is 0 Å². The predicted molar refractivity (Wildman–Crippen MR) is 91.7 cm³/mol. The van der Waals surface area contributed by atoms with Crippen LogP contribution in [0.2, 0.25) is 0 Å². The molecule has 3 nitrogen and oxygen atoms in total. The van der Waals surface area contributed by atoms with Crippen molar-refractivity contribution in [3.63, 3.8) is 0 Å². The second-order valence-corrected chi connectivity index (χ2v) is 5.04. The highest BCUT2D eigenvalue weighted by atomic mass is 16.4. The SMILES string of the molecule is C.[2H]C([2H])(C)CC(CCC)C(=O)O.[2H]C([2H])(C)CC(CCC)C(C)=O. The maximum Gasteiger partial charge on any atom is 0.306 e. The van der Waals surface area contributed by atoms with Gasteiger partial charge in [-0.05, 0) is 32.6 Å². The van der Waals surface area contributed by atoms with E-state index in [1.807, 2.05) is 13.8 Å². The van der Waals surface area contributed by atoms with Crippen molar-refractivity contribution in [1.82, 2.24) is 0 Å². The molecule has 0 rings (SSSR count). The normalized spacial score (nSPS) is 16.6. The highest BCUT2D eigenvalue weighted by Crippen LogP contribution is 2.14. The Morgan fingerprint density at radius 3 is 1.57 bits per heavy atom. The Labute approximate surface area is 138 Å². The first-order valence-corrected chi connectivity index (χ1v) is 7.46. The molecule has 0 saturated heterocycles. The molecule has 2 unspecified atom stereocenters. The number of carbonyl (C=O) groups is 2. The maximum absolute atomic E-state index is 11.0. The number of hydrogen-bond donors (Lipinski definition) is 1. The van der Waals surface area contributed by atoms with E-state index in [-0.39, 0.29) is 25.5 Å². The zero-order chi connectivity index (χ0) is 19.6. The molecular formula is C18H38O3. The van der Waals surface area contributed by atoms with Gasteiger partial charge in [-0.2, -0.15) is 0 Å². The molecule has 0 amide bonds. The molecule has 2 atom stereocenters. The second-order valence-electron chi connectivity index (χ2n) is 5.04. The van der Waals surface area contributed by atoms with Crippen LogP contribution in [0.3, 0.4) is 0 Å². The molecule has 0 fully saturated rings. The number of ketones is 1. The fourth-order valence-corrected chi connectivity index (χ4v) is 1.95. The van der Waals surface area contributed by atoms with Gasteiger partial charge in [0.1, 0.15) is 5.78 Å². The summed E-state index contributed by atoms with van der Waals surface area (Å²) in [6.45, 7) is 8.41. The molecule has 0 radical (unpaired) electrons. The van der Waals surface area contributed by atoms with E-state index in [2.05, 4.69) is 0 Å². The molecule has 1 N–H and O–H groups in total. The summed E-state index contributed by atoms with van der Waals surface area (Å²) in [5.74, 6) is -1.39. The van der Waals surface area contributed by atoms with E-state index in [1.165, 1.54) is 13.8 Å². The molecule has 0 aromatic rings. The Hall–Kier alpha value is -0.860. The fourth-order valence-electron chi connectivity index (χ4n) is 1.95. The average molecular weight is 307 g/mol. The topological polar surface area (TPSA) is 54.4 Å². The van der Waals surface area contributed by atoms with E-state index >= 15 is 0 Å². The second kappa shape index (κ2) is 17.2. The Bertz CT molecular complexity index is 337. The predicted octanol–water partition coefficient (Wildman–Crippen LogP) is 5.72. The zero-order valence-corrected chi connectivity index (χ0v) is 13.7. The van der Waals surface area contributed by atoms with Crippen LogP contribution in [0.1, 0.15) is 98.8 Å². The van der Waals surface area contributed by atoms with Gasteiger partial charge in [-0.1, -0.05) is 60.7 Å². The lowest BCUT2D eigenvalue weighted by Crippen LogP contribution is -2.12. The van der Waals surface area contributed by atoms with Crippen molar-refractivity contribution in [1.29, 1.82) is 0 Å². The first-order chi connectivity index (χ1) is 10.7. The number of carboxylic acids is 1. The third-order valence-electron chi connectivity index (χ3n) is 3.10. The minimum absolute atomic E-state index is 0. The minimum atomic E-state index is -1.38. The minimum Gasteiger partial charge on any atom is -0.481 e. The van der Waals surface area contributed by atoms with Gasteiger partial charge in [0.05, 0.1) is 5.92 Å². The van der Waals surface area contributed by atoms with Crippen LogP contribution in [-0.2, 0) is 9.59 Å². The van der Waals surface area contributed by atoms with Crippen LogP contribution in [-0.4, -0.2) is 16.9 Å². The standard InChI is InChI=1S/C9H18O.C8H16O2.CH4/c1-4-6-9(7-5-2)8(3)10;1-3-5-7(6-4-2)8(9)10;/h9H,4-7H2,1-3H3;7H,3-6H2,1-2H3,(H,9,10);1H4/i4D2;3D2;. The summed E-state index contributed by atoms with van der Waals surface area (Å²) in [5.41, 5.74) is 0. The largest absolute Gasteiger partial charge is 0.481 e. The molecule has 0 spiro atoms. The maximum atomic E-state index is 11.0. The van der Waals surface area contributed by atoms with E-state index in [9.17, 15) is 9.59 Å². The van der Waals surface area contributed by atoms with Gasteiger partial charge < -0.3 is 5.11 Å². The van der Waals surface area contributed by atoms with Gasteiger partial charge in [0.2, 0.25) is 0 Å². The lowest BCUT2D eigenvalue weighted by atomic mass is 9.95. The molecule has 0 heterocycles. The molecule has 21 heavy (non-hydrogen) atoms. The summed E-state index contributed by atoms with van der Waals surface area (Å²) in [7, 11) is 0. The summed E-state index contributed by atoms with van der Waals surface area (Å²) in [5, 5.41) is 8.70. The summed E-state index contributed by atoms with van der Waals surface area (Å²) < 4.78 is 29.2. The van der Waals surface area contributed by atoms with Crippen LogP contribution < -0.4 is 0 Å². The third-order valence-corrected chi connectivity index (χ3v) is 3.10. The Balaban J connectivity index is -0.000000372. The van der Waals surface area contributed by atoms with Crippen molar-refractivity contribution < 1.29 is 20.2 Å². The Morgan fingerprint density at radius 1 is 0.905 bits per heavy atom. The summed E-state index contributed by atoms with van der Waals surface area (Å²) in [6, 6.07) is 0. The van der Waals surface area contributed by atoms with Crippen LogP contribution in [0.25, 0.3) is 0 Å². The molecule has 0 aromatic carbocycles. The van der Waals surface area contributed by atoms with Gasteiger partial charge >= 0.3 is 5.97 Å². The van der Waals surface area contributed by atoms with Crippen LogP contribution >= 0.6 is 0 Å². The number of hydrogen-bond acceptors (Lipinski definition) is 2. The fraction of sp³-hybridized carbons (Fsp3) is 0.889. The smallest absolute Gasteiger partial charge is 0.306 e. The lowest BCUT2D eigenvalue weighted by Gasteiger charge is -2.09. The molecule has 0 aliphatic rings. The summed E-state index contributed by atoms with van der Waals surface area (Å²) >= 11 is 0. The molecule has 3 heteroatoms. The van der Waals surface area contributed by atoms with Gasteiger partial charge in [-0.15, -0.1) is 0 Å². The molecule has 0 aliphatic carbocycles. The first-order valence-electron chi connectivity index (χ1n) is 9.46. The number of aliphatic carboxylic acids is 1. The van der Waals surface area contributed by atoms with Crippen molar-refractivity contribution >= 4 is 11.8 Å². The van der Waals surface area contributed by atoms with Crippen molar-refractivity contribution in [3.8, 4) is 0 Å². The molecule has 128 valence electrons. The van der Waals surface area contributed by atoms with Crippen LogP contribution in [0.15, 0.2) is 0 Å². The van der Waals surface area contributed by atoms with Gasteiger partial charge in [-0.3, -0.25) is 9.59 Å². The lowest BCUT2D eigenvalue weighted by molar-refractivity contribution is -0.142. The summed E-state index contributed by atoms with van der Waals surface area (Å²) in [6.07, 6.45) is 0.967. The molecular weight excluding hydrogens is 264 g/mol. The number of Topliss-reactive ketones (excluding diaryl/α,β-unsaturated/α-hetero) is 1. The van der Waals surface area contributed by atoms with E-state index in [4.69, 9.17) is 10.6 Å². The van der Waals surface area contributed by atoms with Gasteiger partial charge in [0.15, 0.2) is 0 Å². The molecule has 0 bridgehead atoms. The number of carbonyl (C=O) groups excluding carboxylic acids is 1. The first kappa shape index (κ1) is 16.5. The van der Waals surface area contributed by atoms with Crippen molar-refractivity contribution in [2.75, 3.05) is 0 Å². The molecule has 0 aromatic heterocycles. The Kier molecular flexibility index (Phi) is 13.5. The zero-order valence-electron chi connectivity index (χ0n) is 17.7. The molecule has 0 saturated carbocycles. The number of rotatable bonds is 10. The monoisotopic (exact) mass is 306 g/mol. The Morgan fingerprint density at radius 2 is 1.29 bits per heavy atom. The third kappa shape index (κ3) is 15.3. The van der Waals surface area contributed by atoms with E-state index in [0.717, 1.165) is 19.3 Å². The number of carboxylic acid groups (broad SMARTS) is 1.